The zero-order valence-electron chi connectivity index (χ0n) is 7.87. The molecule has 1 aromatic rings. The summed E-state index contributed by atoms with van der Waals surface area (Å²) in [5.41, 5.74) is 0.345. The Morgan fingerprint density at radius 1 is 1.36 bits per heavy atom. The predicted molar refractivity (Wildman–Crippen MR) is 49.1 cm³/mol. The van der Waals surface area contributed by atoms with Crippen molar-refractivity contribution in [3.8, 4) is 11.5 Å². The van der Waals surface area contributed by atoms with Gasteiger partial charge in [-0.3, -0.25) is 9.59 Å². The van der Waals surface area contributed by atoms with Crippen molar-refractivity contribution in [1.82, 2.24) is 0 Å². The maximum absolute atomic E-state index is 10.7. The highest BCUT2D eigenvalue weighted by molar-refractivity contribution is 5.78. The number of carbonyl (C=O) groups is 1. The van der Waals surface area contributed by atoms with Gasteiger partial charge >= 0.3 is 5.97 Å². The second kappa shape index (κ2) is 4.41. The van der Waals surface area contributed by atoms with E-state index < -0.39 is 5.97 Å². The van der Waals surface area contributed by atoms with Crippen molar-refractivity contribution in [2.24, 2.45) is 0 Å². The van der Waals surface area contributed by atoms with Gasteiger partial charge in [0.2, 0.25) is 6.29 Å². The average Bonchev–Trinajstić information content (AvgIpc) is 2.17. The number of hydrogen-bond donors (Lipinski definition) is 0. The minimum atomic E-state index is -0.439. The van der Waals surface area contributed by atoms with Gasteiger partial charge in [0.25, 0.3) is 0 Å². The van der Waals surface area contributed by atoms with Gasteiger partial charge in [-0.05, 0) is 18.2 Å². The quantitative estimate of drug-likeness (QED) is 0.532. The van der Waals surface area contributed by atoms with Gasteiger partial charge in [0.15, 0.2) is 11.5 Å². The van der Waals surface area contributed by atoms with Crippen LogP contribution in [-0.4, -0.2) is 19.4 Å². The zero-order valence-corrected chi connectivity index (χ0v) is 7.87. The van der Waals surface area contributed by atoms with Gasteiger partial charge in [0, 0.05) is 12.5 Å². The first-order valence-electron chi connectivity index (χ1n) is 3.92. The molecule has 0 atom stereocenters. The van der Waals surface area contributed by atoms with E-state index >= 15 is 0 Å². The summed E-state index contributed by atoms with van der Waals surface area (Å²) < 4.78 is 9.77. The van der Waals surface area contributed by atoms with Crippen molar-refractivity contribution in [3.05, 3.63) is 23.8 Å². The fraction of sp³-hybridized carbons (Fsp3) is 0.200. The third kappa shape index (κ3) is 2.32. The first-order valence-corrected chi connectivity index (χ1v) is 3.92. The van der Waals surface area contributed by atoms with Crippen molar-refractivity contribution < 1.29 is 19.1 Å². The van der Waals surface area contributed by atoms with E-state index in [4.69, 9.17) is 9.47 Å². The predicted octanol–water partition coefficient (Wildman–Crippen LogP) is 1.08. The molecular weight excluding hydrogens is 184 g/mol. The third-order valence-electron chi connectivity index (χ3n) is 1.54. The van der Waals surface area contributed by atoms with E-state index in [-0.39, 0.29) is 0 Å². The number of rotatable bonds is 3. The highest BCUT2D eigenvalue weighted by Crippen LogP contribution is 2.27. The van der Waals surface area contributed by atoms with Crippen LogP contribution < -0.4 is 9.47 Å². The van der Waals surface area contributed by atoms with Crippen molar-refractivity contribution in [2.45, 2.75) is 6.92 Å². The van der Waals surface area contributed by atoms with Crippen LogP contribution in [0.4, 0.5) is 0 Å². The van der Waals surface area contributed by atoms with E-state index in [1.54, 1.807) is 6.29 Å². The molecule has 0 amide bonds. The van der Waals surface area contributed by atoms with Crippen molar-refractivity contribution >= 4 is 12.3 Å². The Balaban J connectivity index is 3.04. The lowest BCUT2D eigenvalue weighted by molar-refractivity contribution is -0.132. The van der Waals surface area contributed by atoms with Crippen LogP contribution in [0.5, 0.6) is 11.5 Å². The van der Waals surface area contributed by atoms with Gasteiger partial charge < -0.3 is 9.47 Å². The third-order valence-corrected chi connectivity index (χ3v) is 1.54. The Morgan fingerprint density at radius 2 is 2.07 bits per heavy atom. The minimum Gasteiger partial charge on any atom is -0.493 e. The molecule has 0 unspecified atom stereocenters. The van der Waals surface area contributed by atoms with E-state index in [0.29, 0.717) is 17.1 Å². The number of ether oxygens (including phenoxy) is 2. The molecule has 0 fully saturated rings. The average molecular weight is 193 g/mol. The maximum Gasteiger partial charge on any atom is 0.308 e. The number of hydrogen-bond acceptors (Lipinski definition) is 4. The molecule has 0 saturated carbocycles. The number of methoxy groups -OCH3 is 1. The van der Waals surface area contributed by atoms with E-state index in [1.807, 2.05) is 0 Å². The summed E-state index contributed by atoms with van der Waals surface area (Å²) in [4.78, 5) is 21.0. The largest absolute Gasteiger partial charge is 0.493 e. The van der Waals surface area contributed by atoms with Crippen LogP contribution in [-0.2, 0) is 9.59 Å². The number of benzene rings is 1. The lowest BCUT2D eigenvalue weighted by atomic mass is 10.2. The molecule has 1 aromatic carbocycles. The van der Waals surface area contributed by atoms with E-state index in [9.17, 15) is 9.59 Å². The first-order chi connectivity index (χ1) is 6.67. The van der Waals surface area contributed by atoms with Crippen LogP contribution in [0.1, 0.15) is 12.5 Å². The van der Waals surface area contributed by atoms with Gasteiger partial charge in [-0.15, -0.1) is 0 Å². The summed E-state index contributed by atoms with van der Waals surface area (Å²) in [6.45, 7) is 1.29. The molecule has 0 saturated heterocycles. The minimum absolute atomic E-state index is 0.291. The van der Waals surface area contributed by atoms with Crippen molar-refractivity contribution in [2.75, 3.05) is 7.11 Å². The van der Waals surface area contributed by atoms with Gasteiger partial charge in [-0.2, -0.15) is 0 Å². The van der Waals surface area contributed by atoms with Crippen LogP contribution in [0, 0.1) is 0 Å². The van der Waals surface area contributed by atoms with Gasteiger partial charge in [0.1, 0.15) is 0 Å². The molecule has 0 aromatic heterocycles. The highest BCUT2D eigenvalue weighted by Gasteiger charge is 2.07. The molecule has 4 heteroatoms. The second-order valence-electron chi connectivity index (χ2n) is 2.56. The zero-order chi connectivity index (χ0) is 10.6. The van der Waals surface area contributed by atoms with E-state index in [1.165, 1.54) is 32.2 Å². The highest BCUT2D eigenvalue weighted by atomic mass is 16.6. The molecule has 14 heavy (non-hydrogen) atoms. The van der Waals surface area contributed by atoms with Crippen LogP contribution >= 0.6 is 0 Å². The number of carbonyl (C=O) groups excluding carboxylic acids is 2. The Labute approximate surface area is 81.4 Å². The second-order valence-corrected chi connectivity index (χ2v) is 2.56. The summed E-state index contributed by atoms with van der Waals surface area (Å²) in [5, 5.41) is 0. The van der Waals surface area contributed by atoms with Crippen molar-refractivity contribution in [1.29, 1.82) is 0 Å². The van der Waals surface area contributed by atoms with Gasteiger partial charge in [-0.1, -0.05) is 0 Å². The first kappa shape index (κ1) is 10.2. The maximum atomic E-state index is 10.7. The fourth-order valence-electron chi connectivity index (χ4n) is 0.970. The van der Waals surface area contributed by atoms with Gasteiger partial charge in [-0.25, -0.2) is 0 Å². The molecule has 1 radical (unpaired) electrons. The Bertz CT molecular complexity index is 357. The molecule has 0 heterocycles. The van der Waals surface area contributed by atoms with Crippen LogP contribution in [0.2, 0.25) is 0 Å². The van der Waals surface area contributed by atoms with Crippen LogP contribution in [0.3, 0.4) is 0 Å². The van der Waals surface area contributed by atoms with Crippen LogP contribution in [0.15, 0.2) is 18.2 Å². The van der Waals surface area contributed by atoms with Crippen molar-refractivity contribution in [3.63, 3.8) is 0 Å². The topological polar surface area (TPSA) is 52.6 Å². The normalized spacial score (nSPS) is 9.29. The Hall–Kier alpha value is -1.84. The molecule has 0 aliphatic carbocycles. The SMILES string of the molecule is COc1cc([C]=O)ccc1OC(C)=O. The summed E-state index contributed by atoms with van der Waals surface area (Å²) in [6, 6.07) is 4.43. The molecule has 73 valence electrons. The summed E-state index contributed by atoms with van der Waals surface area (Å²) in [6.07, 6.45) is 1.71. The van der Waals surface area contributed by atoms with Crippen LogP contribution in [0.25, 0.3) is 0 Å². The Morgan fingerprint density at radius 3 is 2.57 bits per heavy atom. The molecule has 0 N–H and O–H groups in total. The molecule has 0 bridgehead atoms. The molecule has 4 nitrogen and oxygen atoms in total. The summed E-state index contributed by atoms with van der Waals surface area (Å²) in [5.74, 6) is 0.186. The standard InChI is InChI=1S/C10H9O4/c1-7(12)14-9-4-3-8(6-11)5-10(9)13-2/h3-5H,1-2H3. The lowest BCUT2D eigenvalue weighted by Gasteiger charge is -2.07. The van der Waals surface area contributed by atoms with E-state index in [2.05, 4.69) is 0 Å². The summed E-state index contributed by atoms with van der Waals surface area (Å²) in [7, 11) is 1.43. The molecule has 0 aliphatic rings. The summed E-state index contributed by atoms with van der Waals surface area (Å²) >= 11 is 0. The Kier molecular flexibility index (Phi) is 3.23. The molecular formula is C10H9O4. The monoisotopic (exact) mass is 193 g/mol. The molecule has 1 rings (SSSR count). The molecule has 0 spiro atoms. The molecule has 0 aliphatic heterocycles. The van der Waals surface area contributed by atoms with Gasteiger partial charge in [0.05, 0.1) is 7.11 Å². The lowest BCUT2D eigenvalue weighted by Crippen LogP contribution is -2.03. The fourth-order valence-corrected chi connectivity index (χ4v) is 0.970. The smallest absolute Gasteiger partial charge is 0.308 e. The van der Waals surface area contributed by atoms with E-state index in [0.717, 1.165) is 0 Å². The number of esters is 1.